The first-order valence-corrected chi connectivity index (χ1v) is 9.71. The van der Waals surface area contributed by atoms with Crippen LogP contribution in [0.25, 0.3) is 11.0 Å². The Hall–Kier alpha value is -3.54. The molecular formula is C24H23FN2O3. The van der Waals surface area contributed by atoms with Crippen LogP contribution >= 0.6 is 0 Å². The highest BCUT2D eigenvalue weighted by atomic mass is 19.1. The Balaban J connectivity index is 1.56. The number of carbonyl (C=O) groups is 1. The number of nitrogens with zero attached hydrogens (tertiary/aromatic N) is 2. The summed E-state index contributed by atoms with van der Waals surface area (Å²) in [6.07, 6.45) is 3.24. The van der Waals surface area contributed by atoms with E-state index in [1.165, 1.54) is 18.4 Å². The molecule has 0 radical (unpaired) electrons. The zero-order chi connectivity index (χ0) is 21.1. The van der Waals surface area contributed by atoms with Crippen LogP contribution in [0.1, 0.15) is 16.9 Å². The third-order valence-electron chi connectivity index (χ3n) is 5.06. The Kier molecular flexibility index (Phi) is 5.57. The van der Waals surface area contributed by atoms with Crippen molar-refractivity contribution in [1.82, 2.24) is 4.90 Å². The van der Waals surface area contributed by atoms with E-state index >= 15 is 0 Å². The maximum Gasteiger partial charge on any atom is 0.227 e. The van der Waals surface area contributed by atoms with E-state index < -0.39 is 0 Å². The van der Waals surface area contributed by atoms with Gasteiger partial charge in [-0.05, 0) is 48.0 Å². The van der Waals surface area contributed by atoms with Crippen LogP contribution in [0.3, 0.4) is 0 Å². The Morgan fingerprint density at radius 3 is 2.50 bits per heavy atom. The van der Waals surface area contributed by atoms with Gasteiger partial charge in [-0.15, -0.1) is 0 Å². The Morgan fingerprint density at radius 2 is 1.80 bits per heavy atom. The number of furan rings is 2. The Morgan fingerprint density at radius 1 is 1.00 bits per heavy atom. The van der Waals surface area contributed by atoms with E-state index in [0.29, 0.717) is 35.4 Å². The molecule has 154 valence electrons. The third kappa shape index (κ3) is 4.38. The molecule has 0 saturated heterocycles. The molecule has 2 aromatic heterocycles. The van der Waals surface area contributed by atoms with E-state index in [2.05, 4.69) is 0 Å². The first-order chi connectivity index (χ1) is 14.5. The summed E-state index contributed by atoms with van der Waals surface area (Å²) < 4.78 is 24.6. The fraction of sp³-hybridized carbons (Fsp3) is 0.208. The molecule has 0 atom stereocenters. The van der Waals surface area contributed by atoms with Crippen LogP contribution in [0.2, 0.25) is 0 Å². The monoisotopic (exact) mass is 406 g/mol. The molecule has 4 rings (SSSR count). The smallest absolute Gasteiger partial charge is 0.227 e. The summed E-state index contributed by atoms with van der Waals surface area (Å²) in [4.78, 5) is 16.9. The molecule has 2 aromatic carbocycles. The van der Waals surface area contributed by atoms with E-state index in [4.69, 9.17) is 8.83 Å². The molecule has 30 heavy (non-hydrogen) atoms. The van der Waals surface area contributed by atoms with Crippen molar-refractivity contribution in [1.29, 1.82) is 0 Å². The van der Waals surface area contributed by atoms with Gasteiger partial charge in [0.2, 0.25) is 5.91 Å². The molecule has 6 heteroatoms. The normalized spacial score (nSPS) is 11.0. The number of hydrogen-bond donors (Lipinski definition) is 0. The molecule has 0 saturated carbocycles. The summed E-state index contributed by atoms with van der Waals surface area (Å²) in [5.41, 5.74) is 3.34. The second-order valence-electron chi connectivity index (χ2n) is 7.47. The lowest BCUT2D eigenvalue weighted by molar-refractivity contribution is -0.132. The minimum Gasteiger partial charge on any atom is -0.467 e. The van der Waals surface area contributed by atoms with Gasteiger partial charge in [-0.1, -0.05) is 12.1 Å². The third-order valence-corrected chi connectivity index (χ3v) is 5.06. The SMILES string of the molecule is CN(C)c1ccc(CN(Cc2ccco2)C(=O)Cc2coc3ccc(F)cc23)cc1. The van der Waals surface area contributed by atoms with E-state index in [9.17, 15) is 9.18 Å². The number of hydrogen-bond acceptors (Lipinski definition) is 4. The van der Waals surface area contributed by atoms with Gasteiger partial charge in [0.25, 0.3) is 0 Å². The number of rotatable bonds is 7. The minimum atomic E-state index is -0.356. The quantitative estimate of drug-likeness (QED) is 0.433. The highest BCUT2D eigenvalue weighted by Gasteiger charge is 2.19. The molecule has 2 heterocycles. The molecule has 0 spiro atoms. The van der Waals surface area contributed by atoms with E-state index in [0.717, 1.165) is 11.3 Å². The van der Waals surface area contributed by atoms with Gasteiger partial charge in [0, 0.05) is 37.3 Å². The van der Waals surface area contributed by atoms with Gasteiger partial charge >= 0.3 is 0 Å². The first kappa shape index (κ1) is 19.8. The number of anilines is 1. The summed E-state index contributed by atoms with van der Waals surface area (Å²) in [5.74, 6) is 0.262. The van der Waals surface area contributed by atoms with Crippen LogP contribution in [0.4, 0.5) is 10.1 Å². The molecular weight excluding hydrogens is 383 g/mol. The standard InChI is InChI=1S/C24H23FN2O3/c1-26(2)20-8-5-17(6-9-20)14-27(15-21-4-3-11-29-21)24(28)12-18-16-30-23-10-7-19(25)13-22(18)23/h3-11,13,16H,12,14-15H2,1-2H3. The number of halogens is 1. The van der Waals surface area contributed by atoms with Crippen LogP contribution < -0.4 is 4.90 Å². The summed E-state index contributed by atoms with van der Waals surface area (Å²) in [6, 6.07) is 16.0. The van der Waals surface area contributed by atoms with Crippen molar-refractivity contribution in [2.24, 2.45) is 0 Å². The van der Waals surface area contributed by atoms with Gasteiger partial charge in [-0.3, -0.25) is 4.79 Å². The van der Waals surface area contributed by atoms with E-state index in [-0.39, 0.29) is 18.1 Å². The fourth-order valence-corrected chi connectivity index (χ4v) is 3.41. The molecule has 0 aliphatic carbocycles. The predicted octanol–water partition coefficient (Wildman–Crippen LogP) is 5.00. The van der Waals surface area contributed by atoms with E-state index in [1.54, 1.807) is 23.3 Å². The number of carbonyl (C=O) groups excluding carboxylic acids is 1. The lowest BCUT2D eigenvalue weighted by Gasteiger charge is -2.22. The zero-order valence-corrected chi connectivity index (χ0v) is 17.0. The highest BCUT2D eigenvalue weighted by molar-refractivity contribution is 5.87. The van der Waals surface area contributed by atoms with Crippen molar-refractivity contribution in [3.05, 3.63) is 89.8 Å². The largest absolute Gasteiger partial charge is 0.467 e. The number of amides is 1. The van der Waals surface area contributed by atoms with Crippen LogP contribution in [0, 0.1) is 5.82 Å². The van der Waals surface area contributed by atoms with Crippen LogP contribution in [-0.2, 0) is 24.3 Å². The van der Waals surface area contributed by atoms with Crippen molar-refractivity contribution < 1.29 is 18.0 Å². The van der Waals surface area contributed by atoms with E-state index in [1.807, 2.05) is 49.3 Å². The second-order valence-corrected chi connectivity index (χ2v) is 7.47. The van der Waals surface area contributed by atoms with Gasteiger partial charge in [-0.2, -0.15) is 0 Å². The number of benzene rings is 2. The number of fused-ring (bicyclic) bond motifs is 1. The van der Waals surface area contributed by atoms with Gasteiger partial charge in [0.1, 0.15) is 17.2 Å². The summed E-state index contributed by atoms with van der Waals surface area (Å²) >= 11 is 0. The first-order valence-electron chi connectivity index (χ1n) is 9.71. The van der Waals surface area contributed by atoms with Crippen molar-refractivity contribution in [3.8, 4) is 0 Å². The van der Waals surface area contributed by atoms with Gasteiger partial charge in [-0.25, -0.2) is 4.39 Å². The summed E-state index contributed by atoms with van der Waals surface area (Å²) in [5, 5.41) is 0.622. The second kappa shape index (κ2) is 8.45. The average Bonchev–Trinajstić information content (AvgIpc) is 3.38. The van der Waals surface area contributed by atoms with Gasteiger partial charge in [0.15, 0.2) is 0 Å². The molecule has 1 amide bonds. The van der Waals surface area contributed by atoms with Crippen molar-refractivity contribution in [2.45, 2.75) is 19.5 Å². The molecule has 5 nitrogen and oxygen atoms in total. The summed E-state index contributed by atoms with van der Waals surface area (Å²) in [7, 11) is 3.97. The molecule has 0 aliphatic rings. The van der Waals surface area contributed by atoms with Crippen molar-refractivity contribution in [3.63, 3.8) is 0 Å². The molecule has 0 bridgehead atoms. The minimum absolute atomic E-state index is 0.0879. The molecule has 0 fully saturated rings. The predicted molar refractivity (Wildman–Crippen MR) is 114 cm³/mol. The maximum atomic E-state index is 13.7. The molecule has 0 unspecified atom stereocenters. The highest BCUT2D eigenvalue weighted by Crippen LogP contribution is 2.24. The Labute approximate surface area is 174 Å². The zero-order valence-electron chi connectivity index (χ0n) is 17.0. The van der Waals surface area contributed by atoms with Gasteiger partial charge < -0.3 is 18.6 Å². The van der Waals surface area contributed by atoms with Crippen LogP contribution in [-0.4, -0.2) is 24.9 Å². The van der Waals surface area contributed by atoms with Gasteiger partial charge in [0.05, 0.1) is 25.5 Å². The van der Waals surface area contributed by atoms with Crippen molar-refractivity contribution in [2.75, 3.05) is 19.0 Å². The summed E-state index contributed by atoms with van der Waals surface area (Å²) in [6.45, 7) is 0.794. The topological polar surface area (TPSA) is 49.8 Å². The lowest BCUT2D eigenvalue weighted by atomic mass is 10.1. The van der Waals surface area contributed by atoms with Crippen LogP contribution in [0.15, 0.2) is 76.0 Å². The molecule has 4 aromatic rings. The van der Waals surface area contributed by atoms with Crippen LogP contribution in [0.5, 0.6) is 0 Å². The average molecular weight is 406 g/mol. The molecule has 0 aliphatic heterocycles. The fourth-order valence-electron chi connectivity index (χ4n) is 3.41. The Bertz CT molecular complexity index is 1130. The van der Waals surface area contributed by atoms with Crippen molar-refractivity contribution >= 4 is 22.6 Å². The lowest BCUT2D eigenvalue weighted by Crippen LogP contribution is -2.31. The maximum absolute atomic E-state index is 13.7. The molecule has 0 N–H and O–H groups in total.